The molecule has 0 spiro atoms. The first-order chi connectivity index (χ1) is 11.8. The van der Waals surface area contributed by atoms with Gasteiger partial charge in [-0.3, -0.25) is 4.98 Å². The number of fused-ring (bicyclic) bond motifs is 1. The molecule has 0 bridgehead atoms. The van der Waals surface area contributed by atoms with Crippen LogP contribution in [0.25, 0.3) is 5.57 Å². The van der Waals surface area contributed by atoms with Gasteiger partial charge in [-0.15, -0.1) is 0 Å². The summed E-state index contributed by atoms with van der Waals surface area (Å²) in [7, 11) is 0. The van der Waals surface area contributed by atoms with Crippen molar-refractivity contribution in [3.63, 3.8) is 0 Å². The van der Waals surface area contributed by atoms with Gasteiger partial charge in [0.05, 0.1) is 18.5 Å². The minimum atomic E-state index is 0.274. The molecular weight excluding hydrogens is 296 g/mol. The van der Waals surface area contributed by atoms with Crippen LogP contribution in [0, 0.1) is 5.92 Å². The summed E-state index contributed by atoms with van der Waals surface area (Å²) in [6, 6.07) is 12.5. The second-order valence-electron chi connectivity index (χ2n) is 6.15. The van der Waals surface area contributed by atoms with Crippen molar-refractivity contribution in [1.29, 1.82) is 0 Å². The summed E-state index contributed by atoms with van der Waals surface area (Å²) in [4.78, 5) is 9.04. The molecule has 0 radical (unpaired) electrons. The molecule has 1 aliphatic heterocycles. The third kappa shape index (κ3) is 3.91. The van der Waals surface area contributed by atoms with Gasteiger partial charge in [-0.05, 0) is 30.0 Å². The van der Waals surface area contributed by atoms with Crippen LogP contribution in [0.3, 0.4) is 0 Å². The van der Waals surface area contributed by atoms with E-state index in [1.54, 1.807) is 0 Å². The number of aliphatic imine (C=N–C) groups is 1. The number of hydrogen-bond donors (Lipinski definition) is 0. The van der Waals surface area contributed by atoms with E-state index in [0.29, 0.717) is 6.61 Å². The van der Waals surface area contributed by atoms with Crippen molar-refractivity contribution in [2.75, 3.05) is 6.61 Å². The van der Waals surface area contributed by atoms with Gasteiger partial charge in [0.2, 0.25) is 0 Å². The zero-order valence-corrected chi connectivity index (χ0v) is 14.4. The molecule has 1 aliphatic rings. The van der Waals surface area contributed by atoms with E-state index in [4.69, 9.17) is 9.73 Å². The molecule has 3 heteroatoms. The quantitative estimate of drug-likeness (QED) is 0.775. The van der Waals surface area contributed by atoms with Crippen molar-refractivity contribution in [1.82, 2.24) is 4.98 Å². The Balaban J connectivity index is 1.77. The predicted octanol–water partition coefficient (Wildman–Crippen LogP) is 5.20. The number of rotatable bonds is 4. The Kier molecular flexibility index (Phi) is 5.42. The van der Waals surface area contributed by atoms with E-state index in [1.165, 1.54) is 16.7 Å². The van der Waals surface area contributed by atoms with Crippen molar-refractivity contribution < 1.29 is 4.74 Å². The van der Waals surface area contributed by atoms with Crippen LogP contribution in [0.4, 0.5) is 5.69 Å². The topological polar surface area (TPSA) is 34.5 Å². The van der Waals surface area contributed by atoms with Crippen molar-refractivity contribution in [3.8, 4) is 0 Å². The molecule has 0 N–H and O–H groups in total. The molecule has 1 aromatic carbocycles. The van der Waals surface area contributed by atoms with Crippen LogP contribution >= 0.6 is 0 Å². The first kappa shape index (κ1) is 16.4. The van der Waals surface area contributed by atoms with Crippen molar-refractivity contribution >= 4 is 17.2 Å². The maximum Gasteiger partial charge on any atom is 0.191 e. The molecule has 124 valence electrons. The van der Waals surface area contributed by atoms with Crippen LogP contribution in [0.5, 0.6) is 0 Å². The Morgan fingerprint density at radius 2 is 2.00 bits per heavy atom. The lowest BCUT2D eigenvalue weighted by Gasteiger charge is -2.19. The summed E-state index contributed by atoms with van der Waals surface area (Å²) in [5, 5.41) is 0. The van der Waals surface area contributed by atoms with E-state index >= 15 is 0 Å². The molecule has 0 aliphatic carbocycles. The predicted molar refractivity (Wildman–Crippen MR) is 99.5 cm³/mol. The summed E-state index contributed by atoms with van der Waals surface area (Å²) in [6.45, 7) is 5.00. The highest BCUT2D eigenvalue weighted by Crippen LogP contribution is 2.31. The fourth-order valence-electron chi connectivity index (χ4n) is 2.93. The maximum absolute atomic E-state index is 6.05. The van der Waals surface area contributed by atoms with Crippen molar-refractivity contribution in [2.45, 2.75) is 33.1 Å². The van der Waals surface area contributed by atoms with E-state index < -0.39 is 0 Å². The third-order valence-electron chi connectivity index (χ3n) is 4.38. The minimum absolute atomic E-state index is 0.274. The molecule has 0 saturated carbocycles. The Morgan fingerprint density at radius 3 is 2.79 bits per heavy atom. The number of ether oxygens (including phenoxy) is 1. The number of aromatic nitrogens is 1. The lowest BCUT2D eigenvalue weighted by Crippen LogP contribution is -2.17. The first-order valence-electron chi connectivity index (χ1n) is 8.66. The summed E-state index contributed by atoms with van der Waals surface area (Å²) < 4.78 is 6.05. The van der Waals surface area contributed by atoms with Gasteiger partial charge < -0.3 is 4.74 Å². The van der Waals surface area contributed by atoms with E-state index in [2.05, 4.69) is 49.2 Å². The van der Waals surface area contributed by atoms with Crippen LogP contribution in [-0.4, -0.2) is 17.5 Å². The van der Waals surface area contributed by atoms with E-state index in [9.17, 15) is 0 Å². The molecular formula is C21H24N2O. The van der Waals surface area contributed by atoms with Crippen LogP contribution in [-0.2, 0) is 11.2 Å². The molecule has 1 aromatic heterocycles. The molecule has 3 rings (SSSR count). The van der Waals surface area contributed by atoms with Gasteiger partial charge in [-0.2, -0.15) is 0 Å². The third-order valence-corrected chi connectivity index (χ3v) is 4.38. The smallest absolute Gasteiger partial charge is 0.191 e. The average molecular weight is 320 g/mol. The number of hydrogen-bond acceptors (Lipinski definition) is 3. The standard InChI is InChI=1S/C21H24N2O/c1-3-18-10-9-16(2)21(23-20-15-22-13-11-19(18)20)24-14-12-17-7-5-4-6-8-17/h4-8,10-11,13,15-16H,3,9,12,14H2,1-2H3. The van der Waals surface area contributed by atoms with Crippen LogP contribution in [0.15, 0.2) is 59.9 Å². The van der Waals surface area contributed by atoms with Crippen LogP contribution < -0.4 is 0 Å². The molecule has 2 heterocycles. The molecule has 0 fully saturated rings. The molecule has 24 heavy (non-hydrogen) atoms. The maximum atomic E-state index is 6.05. The number of nitrogens with zero attached hydrogens (tertiary/aromatic N) is 2. The van der Waals surface area contributed by atoms with Crippen molar-refractivity contribution in [3.05, 3.63) is 66.0 Å². The van der Waals surface area contributed by atoms with Crippen molar-refractivity contribution in [2.24, 2.45) is 10.9 Å². The lowest BCUT2D eigenvalue weighted by atomic mass is 9.97. The van der Waals surface area contributed by atoms with Gasteiger partial charge in [0.1, 0.15) is 0 Å². The Labute approximate surface area is 144 Å². The summed E-state index contributed by atoms with van der Waals surface area (Å²) in [5.41, 5.74) is 4.70. The average Bonchev–Trinajstić information content (AvgIpc) is 2.62. The number of allylic oxidation sites excluding steroid dienone is 2. The Bertz CT molecular complexity index is 735. The molecule has 2 aromatic rings. The van der Waals surface area contributed by atoms with Gasteiger partial charge in [0, 0.05) is 24.1 Å². The fraction of sp³-hybridized carbons (Fsp3) is 0.333. The molecule has 1 unspecified atom stereocenters. The molecule has 0 saturated heterocycles. The second-order valence-corrected chi connectivity index (χ2v) is 6.15. The minimum Gasteiger partial charge on any atom is -0.480 e. The number of benzene rings is 1. The van der Waals surface area contributed by atoms with Gasteiger partial charge in [0.15, 0.2) is 5.90 Å². The highest BCUT2D eigenvalue weighted by atomic mass is 16.5. The second kappa shape index (κ2) is 7.91. The lowest BCUT2D eigenvalue weighted by molar-refractivity contribution is 0.287. The summed E-state index contributed by atoms with van der Waals surface area (Å²) >= 11 is 0. The van der Waals surface area contributed by atoms with Crippen LogP contribution in [0.1, 0.15) is 37.8 Å². The van der Waals surface area contributed by atoms with Gasteiger partial charge in [-0.1, -0.05) is 50.3 Å². The fourth-order valence-corrected chi connectivity index (χ4v) is 2.93. The molecule has 1 atom stereocenters. The van der Waals surface area contributed by atoms with Gasteiger partial charge in [-0.25, -0.2) is 4.99 Å². The largest absolute Gasteiger partial charge is 0.480 e. The Morgan fingerprint density at radius 1 is 1.17 bits per heavy atom. The highest BCUT2D eigenvalue weighted by Gasteiger charge is 2.17. The SMILES string of the molecule is CCC1=CCC(C)C(OCCc2ccccc2)=Nc2cnccc21. The Hall–Kier alpha value is -2.42. The first-order valence-corrected chi connectivity index (χ1v) is 8.66. The van der Waals surface area contributed by atoms with Gasteiger partial charge >= 0.3 is 0 Å². The zero-order valence-electron chi connectivity index (χ0n) is 14.4. The van der Waals surface area contributed by atoms with E-state index in [-0.39, 0.29) is 5.92 Å². The normalized spacial score (nSPS) is 17.2. The molecule has 0 amide bonds. The monoisotopic (exact) mass is 320 g/mol. The van der Waals surface area contributed by atoms with E-state index in [0.717, 1.165) is 30.8 Å². The summed E-state index contributed by atoms with van der Waals surface area (Å²) in [6.07, 6.45) is 8.83. The van der Waals surface area contributed by atoms with Crippen LogP contribution in [0.2, 0.25) is 0 Å². The zero-order chi connectivity index (χ0) is 16.8. The number of pyridine rings is 1. The van der Waals surface area contributed by atoms with E-state index in [1.807, 2.05) is 24.5 Å². The highest BCUT2D eigenvalue weighted by molar-refractivity contribution is 5.86. The van der Waals surface area contributed by atoms with Gasteiger partial charge in [0.25, 0.3) is 0 Å². The molecule has 3 nitrogen and oxygen atoms in total. The summed E-state index contributed by atoms with van der Waals surface area (Å²) in [5.74, 6) is 1.09.